The molecular formula is C64H42N4. The highest BCUT2D eigenvalue weighted by Gasteiger charge is 2.47. The number of benzene rings is 10. The van der Waals surface area contributed by atoms with Crippen LogP contribution in [0.15, 0.2) is 255 Å². The Balaban J connectivity index is 0.915. The highest BCUT2D eigenvalue weighted by molar-refractivity contribution is 6.10. The second kappa shape index (κ2) is 16.2. The van der Waals surface area contributed by atoms with E-state index in [1.54, 1.807) is 0 Å². The Morgan fingerprint density at radius 2 is 0.765 bits per heavy atom. The van der Waals surface area contributed by atoms with Crippen LogP contribution >= 0.6 is 0 Å². The molecule has 318 valence electrons. The molecule has 68 heavy (non-hydrogen) atoms. The van der Waals surface area contributed by atoms with Crippen LogP contribution in [0.1, 0.15) is 22.3 Å². The molecule has 0 saturated carbocycles. The maximum atomic E-state index is 4.97. The van der Waals surface area contributed by atoms with Crippen LogP contribution in [0.3, 0.4) is 0 Å². The van der Waals surface area contributed by atoms with Gasteiger partial charge in [0.2, 0.25) is 0 Å². The molecule has 0 aliphatic heterocycles. The molecule has 0 spiro atoms. The van der Waals surface area contributed by atoms with E-state index in [0.717, 1.165) is 39.0 Å². The van der Waals surface area contributed by atoms with Crippen LogP contribution in [0.5, 0.6) is 0 Å². The number of aromatic nitrogens is 4. The van der Waals surface area contributed by atoms with E-state index in [1.165, 1.54) is 60.8 Å². The second-order valence-corrected chi connectivity index (χ2v) is 17.5. The highest BCUT2D eigenvalue weighted by atomic mass is 15.0. The molecule has 0 atom stereocenters. The van der Waals surface area contributed by atoms with Crippen LogP contribution in [-0.4, -0.2) is 19.5 Å². The topological polar surface area (TPSA) is 43.6 Å². The molecule has 4 heteroatoms. The van der Waals surface area contributed by atoms with Gasteiger partial charge in [-0.15, -0.1) is 0 Å². The number of para-hydroxylation sites is 1. The number of fused-ring (bicyclic) bond motifs is 6. The van der Waals surface area contributed by atoms with E-state index < -0.39 is 5.41 Å². The van der Waals surface area contributed by atoms with Gasteiger partial charge < -0.3 is 4.57 Å². The summed E-state index contributed by atoms with van der Waals surface area (Å²) in [6.07, 6.45) is 0. The summed E-state index contributed by atoms with van der Waals surface area (Å²) in [7, 11) is 0. The summed E-state index contributed by atoms with van der Waals surface area (Å²) in [6, 6.07) is 91.5. The first kappa shape index (κ1) is 39.4. The van der Waals surface area contributed by atoms with Crippen molar-refractivity contribution in [1.82, 2.24) is 19.5 Å². The van der Waals surface area contributed by atoms with Crippen LogP contribution in [-0.2, 0) is 5.41 Å². The summed E-state index contributed by atoms with van der Waals surface area (Å²) in [5, 5.41) is 2.41. The quantitative estimate of drug-likeness (QED) is 0.153. The van der Waals surface area contributed by atoms with Crippen molar-refractivity contribution in [2.45, 2.75) is 5.41 Å². The normalized spacial score (nSPS) is 12.5. The minimum atomic E-state index is -0.510. The van der Waals surface area contributed by atoms with Crippen molar-refractivity contribution in [3.05, 3.63) is 277 Å². The zero-order chi connectivity index (χ0) is 45.0. The lowest BCUT2D eigenvalue weighted by Crippen LogP contribution is -2.29. The molecule has 0 unspecified atom stereocenters. The Morgan fingerprint density at radius 1 is 0.294 bits per heavy atom. The molecule has 4 nitrogen and oxygen atoms in total. The summed E-state index contributed by atoms with van der Waals surface area (Å²) in [5.41, 5.74) is 18.1. The van der Waals surface area contributed by atoms with Gasteiger partial charge in [0.15, 0.2) is 17.5 Å². The number of nitrogens with zero attached hydrogens (tertiary/aromatic N) is 4. The lowest BCUT2D eigenvalue weighted by Gasteiger charge is -2.35. The van der Waals surface area contributed by atoms with E-state index in [2.05, 4.69) is 199 Å². The zero-order valence-corrected chi connectivity index (χ0v) is 37.0. The highest BCUT2D eigenvalue weighted by Crippen LogP contribution is 2.58. The molecule has 2 heterocycles. The van der Waals surface area contributed by atoms with Gasteiger partial charge in [-0.2, -0.15) is 0 Å². The lowest BCUT2D eigenvalue weighted by molar-refractivity contribution is 0.770. The molecule has 2 aromatic heterocycles. The van der Waals surface area contributed by atoms with Crippen molar-refractivity contribution in [3.8, 4) is 73.2 Å². The molecule has 1 aliphatic rings. The monoisotopic (exact) mass is 866 g/mol. The first-order chi connectivity index (χ1) is 33.7. The number of hydrogen-bond donors (Lipinski definition) is 0. The predicted octanol–water partition coefficient (Wildman–Crippen LogP) is 15.7. The van der Waals surface area contributed by atoms with Gasteiger partial charge in [0.05, 0.1) is 16.4 Å². The van der Waals surface area contributed by atoms with E-state index in [1.807, 2.05) is 60.7 Å². The van der Waals surface area contributed by atoms with E-state index in [0.29, 0.717) is 17.5 Å². The van der Waals surface area contributed by atoms with Crippen LogP contribution < -0.4 is 0 Å². The van der Waals surface area contributed by atoms with Crippen LogP contribution in [0.4, 0.5) is 0 Å². The summed E-state index contributed by atoms with van der Waals surface area (Å²) in [5.74, 6) is 1.94. The van der Waals surface area contributed by atoms with E-state index in [4.69, 9.17) is 15.0 Å². The van der Waals surface area contributed by atoms with Crippen molar-refractivity contribution in [2.75, 3.05) is 0 Å². The molecule has 0 bridgehead atoms. The Bertz CT molecular complexity index is 3730. The van der Waals surface area contributed by atoms with Gasteiger partial charge >= 0.3 is 0 Å². The molecule has 0 amide bonds. The predicted molar refractivity (Wildman–Crippen MR) is 279 cm³/mol. The maximum Gasteiger partial charge on any atom is 0.164 e. The van der Waals surface area contributed by atoms with Crippen molar-refractivity contribution in [2.24, 2.45) is 0 Å². The molecule has 1 aliphatic carbocycles. The van der Waals surface area contributed by atoms with Crippen molar-refractivity contribution in [1.29, 1.82) is 0 Å². The van der Waals surface area contributed by atoms with E-state index in [-0.39, 0.29) is 0 Å². The average Bonchev–Trinajstić information content (AvgIpc) is 3.92. The van der Waals surface area contributed by atoms with Gasteiger partial charge in [-0.3, -0.25) is 0 Å². The van der Waals surface area contributed by atoms with Crippen LogP contribution in [0.25, 0.3) is 95.0 Å². The minimum Gasteiger partial charge on any atom is -0.309 e. The SMILES string of the molecule is c1ccc(-c2nc(-c3ccccc3)nc(-c3ccc(-c4ccc5c(c4)c4ccccc4n5-c4cccc(-c5cccc6c5C(c5ccccc5)(c5ccccc5)c5ccccc5-6)c4)cc3)n2)cc1. The summed E-state index contributed by atoms with van der Waals surface area (Å²) >= 11 is 0. The number of rotatable bonds is 8. The van der Waals surface area contributed by atoms with Crippen molar-refractivity contribution in [3.63, 3.8) is 0 Å². The molecule has 0 radical (unpaired) electrons. The molecule has 13 rings (SSSR count). The fourth-order valence-corrected chi connectivity index (χ4v) is 10.7. The third-order valence-corrected chi connectivity index (χ3v) is 13.7. The molecule has 0 N–H and O–H groups in total. The van der Waals surface area contributed by atoms with Crippen molar-refractivity contribution >= 4 is 21.8 Å². The lowest BCUT2D eigenvalue weighted by atomic mass is 9.66. The average molecular weight is 867 g/mol. The third kappa shape index (κ3) is 6.34. The zero-order valence-electron chi connectivity index (χ0n) is 37.0. The fraction of sp³-hybridized carbons (Fsp3) is 0.0156. The fourth-order valence-electron chi connectivity index (χ4n) is 10.7. The first-order valence-corrected chi connectivity index (χ1v) is 23.2. The summed E-state index contributed by atoms with van der Waals surface area (Å²) in [4.78, 5) is 14.8. The van der Waals surface area contributed by atoms with Crippen LogP contribution in [0, 0.1) is 0 Å². The number of hydrogen-bond acceptors (Lipinski definition) is 3. The Kier molecular flexibility index (Phi) is 9.36. The van der Waals surface area contributed by atoms with Gasteiger partial charge in [-0.1, -0.05) is 224 Å². The largest absolute Gasteiger partial charge is 0.309 e. The van der Waals surface area contributed by atoms with Gasteiger partial charge in [-0.25, -0.2) is 15.0 Å². The minimum absolute atomic E-state index is 0.510. The van der Waals surface area contributed by atoms with E-state index >= 15 is 0 Å². The summed E-state index contributed by atoms with van der Waals surface area (Å²) in [6.45, 7) is 0. The van der Waals surface area contributed by atoms with E-state index in [9.17, 15) is 0 Å². The Labute approximate surface area is 395 Å². The molecule has 12 aromatic rings. The Hall–Kier alpha value is -8.99. The standard InChI is InChI=1S/C64H42N4/c1-5-19-44(20-6-1)61-65-62(45-21-7-2-8-22-45)67-63(66-61)46-37-35-43(36-38-46)47-39-40-59-56(42-47)54-30-14-16-34-58(54)68(59)51-28-17-23-48(41-51)52-31-18-32-55-53-29-13-15-33-57(53)64(60(52)55,49-24-9-3-10-25-49)50-26-11-4-12-27-50/h1-42H. The van der Waals surface area contributed by atoms with Crippen molar-refractivity contribution < 1.29 is 0 Å². The third-order valence-electron chi connectivity index (χ3n) is 13.7. The molecular weight excluding hydrogens is 825 g/mol. The van der Waals surface area contributed by atoms with Gasteiger partial charge in [0.25, 0.3) is 0 Å². The maximum absolute atomic E-state index is 4.97. The smallest absolute Gasteiger partial charge is 0.164 e. The van der Waals surface area contributed by atoms with Gasteiger partial charge in [-0.05, 0) is 86.0 Å². The molecule has 0 fully saturated rings. The summed E-state index contributed by atoms with van der Waals surface area (Å²) < 4.78 is 2.43. The van der Waals surface area contributed by atoms with Gasteiger partial charge in [0.1, 0.15) is 0 Å². The molecule has 0 saturated heterocycles. The first-order valence-electron chi connectivity index (χ1n) is 23.2. The van der Waals surface area contributed by atoms with Crippen LogP contribution in [0.2, 0.25) is 0 Å². The van der Waals surface area contributed by atoms with Gasteiger partial charge in [0, 0.05) is 33.2 Å². The second-order valence-electron chi connectivity index (χ2n) is 17.5. The Morgan fingerprint density at radius 3 is 1.43 bits per heavy atom. The molecule has 10 aromatic carbocycles.